The highest BCUT2D eigenvalue weighted by Gasteiger charge is 2.26. The van der Waals surface area contributed by atoms with Gasteiger partial charge in [0.25, 0.3) is 5.91 Å². The van der Waals surface area contributed by atoms with E-state index >= 15 is 0 Å². The third-order valence-corrected chi connectivity index (χ3v) is 3.34. The van der Waals surface area contributed by atoms with E-state index in [1.165, 1.54) is 18.3 Å². The van der Waals surface area contributed by atoms with Gasteiger partial charge in [0.2, 0.25) is 6.10 Å². The van der Waals surface area contributed by atoms with Gasteiger partial charge in [-0.25, -0.2) is 5.43 Å². The van der Waals surface area contributed by atoms with Crippen LogP contribution in [0.2, 0.25) is 0 Å². The van der Waals surface area contributed by atoms with Gasteiger partial charge in [0.05, 0.1) is 12.2 Å². The zero-order chi connectivity index (χ0) is 16.9. The number of hydrogen-bond donors (Lipinski definition) is 1. The van der Waals surface area contributed by atoms with Crippen LogP contribution in [0.25, 0.3) is 0 Å². The summed E-state index contributed by atoms with van der Waals surface area (Å²) < 4.78 is 11.0. The Balaban J connectivity index is 1.57. The van der Waals surface area contributed by atoms with Crippen LogP contribution in [0.4, 0.5) is 0 Å². The second-order valence-electron chi connectivity index (χ2n) is 5.01. The van der Waals surface area contributed by atoms with Gasteiger partial charge in [-0.05, 0) is 23.3 Å². The Hall–Kier alpha value is -3.35. The van der Waals surface area contributed by atoms with E-state index in [-0.39, 0.29) is 12.2 Å². The van der Waals surface area contributed by atoms with Gasteiger partial charge < -0.3 is 19.4 Å². The lowest BCUT2D eigenvalue weighted by Gasteiger charge is -2.24. The second-order valence-corrected chi connectivity index (χ2v) is 5.01. The molecule has 0 radical (unpaired) electrons. The fraction of sp³-hybridized carbons (Fsp3) is 0.118. The smallest absolute Gasteiger partial charge is 0.284 e. The number of amides is 1. The van der Waals surface area contributed by atoms with E-state index in [0.29, 0.717) is 17.1 Å². The number of carbonyl (C=O) groups is 2. The van der Waals surface area contributed by atoms with Gasteiger partial charge in [0.15, 0.2) is 11.5 Å². The average Bonchev–Trinajstić information content (AvgIpc) is 2.61. The van der Waals surface area contributed by atoms with E-state index in [0.717, 1.165) is 0 Å². The number of carboxylic acids is 1. The summed E-state index contributed by atoms with van der Waals surface area (Å²) in [5, 5.41) is 14.5. The Labute approximate surface area is 137 Å². The van der Waals surface area contributed by atoms with Crippen LogP contribution in [-0.4, -0.2) is 30.8 Å². The van der Waals surface area contributed by atoms with Gasteiger partial charge in [-0.3, -0.25) is 4.79 Å². The molecule has 122 valence electrons. The van der Waals surface area contributed by atoms with Crippen molar-refractivity contribution in [2.24, 2.45) is 5.10 Å². The lowest BCUT2D eigenvalue weighted by atomic mass is 10.1. The molecule has 1 heterocycles. The van der Waals surface area contributed by atoms with Crippen LogP contribution in [0.1, 0.15) is 15.9 Å². The van der Waals surface area contributed by atoms with E-state index in [1.54, 1.807) is 30.3 Å². The predicted octanol–water partition coefficient (Wildman–Crippen LogP) is 0.340. The summed E-state index contributed by atoms with van der Waals surface area (Å²) in [6.07, 6.45) is 0.603. The molecule has 24 heavy (non-hydrogen) atoms. The molecule has 0 unspecified atom stereocenters. The second kappa shape index (κ2) is 6.82. The number of rotatable bonds is 4. The van der Waals surface area contributed by atoms with E-state index in [9.17, 15) is 14.7 Å². The van der Waals surface area contributed by atoms with Crippen molar-refractivity contribution in [1.29, 1.82) is 0 Å². The molecule has 0 saturated heterocycles. The van der Waals surface area contributed by atoms with E-state index in [4.69, 9.17) is 9.47 Å². The van der Waals surface area contributed by atoms with E-state index in [2.05, 4.69) is 10.5 Å². The van der Waals surface area contributed by atoms with Gasteiger partial charge >= 0.3 is 0 Å². The number of fused-ring (bicyclic) bond motifs is 1. The van der Waals surface area contributed by atoms with Crippen LogP contribution in [0.5, 0.6) is 11.5 Å². The molecule has 1 amide bonds. The Morgan fingerprint density at radius 1 is 1.12 bits per heavy atom. The van der Waals surface area contributed by atoms with E-state index in [1.807, 2.05) is 6.07 Å². The Morgan fingerprint density at radius 2 is 1.83 bits per heavy atom. The van der Waals surface area contributed by atoms with Crippen molar-refractivity contribution in [3.8, 4) is 11.5 Å². The zero-order valence-corrected chi connectivity index (χ0v) is 12.5. The highest BCUT2D eigenvalue weighted by molar-refractivity contribution is 5.88. The summed E-state index contributed by atoms with van der Waals surface area (Å²) in [4.78, 5) is 22.7. The number of aromatic carboxylic acids is 1. The molecule has 1 N–H and O–H groups in total. The predicted molar refractivity (Wildman–Crippen MR) is 82.9 cm³/mol. The molecule has 7 nitrogen and oxygen atoms in total. The summed E-state index contributed by atoms with van der Waals surface area (Å²) >= 11 is 0. The molecule has 1 aliphatic heterocycles. The maximum atomic E-state index is 12.0. The first-order chi connectivity index (χ1) is 11.6. The molecule has 1 atom stereocenters. The molecule has 0 saturated carbocycles. The standard InChI is InChI=1S/C17H14N2O5/c20-16(15-10-23-13-3-1-2-4-14(13)24-15)19-18-9-11-5-7-12(8-6-11)17(21)22/h1-9,15H,10H2,(H,19,20)(H,21,22)/p-1/t15-/m1/s1. The highest BCUT2D eigenvalue weighted by atomic mass is 16.6. The van der Waals surface area contributed by atoms with E-state index < -0.39 is 18.0 Å². The number of hydrogen-bond acceptors (Lipinski definition) is 6. The molecule has 0 aliphatic carbocycles. The third kappa shape index (κ3) is 3.52. The highest BCUT2D eigenvalue weighted by Crippen LogP contribution is 2.30. The number of para-hydroxylation sites is 2. The van der Waals surface area contributed by atoms with Gasteiger partial charge in [-0.1, -0.05) is 36.4 Å². The van der Waals surface area contributed by atoms with Crippen LogP contribution in [0.3, 0.4) is 0 Å². The number of hydrazone groups is 1. The van der Waals surface area contributed by atoms with Crippen molar-refractivity contribution in [1.82, 2.24) is 5.43 Å². The molecule has 0 fully saturated rings. The molecule has 2 aromatic rings. The number of carboxylic acid groups (broad SMARTS) is 1. The summed E-state index contributed by atoms with van der Waals surface area (Å²) in [5.74, 6) is -0.586. The molecular formula is C17H13N2O5-. The SMILES string of the molecule is O=C([O-])c1ccc(C=NNC(=O)[C@H]2COc3ccccc3O2)cc1. The maximum absolute atomic E-state index is 12.0. The fourth-order valence-electron chi connectivity index (χ4n) is 2.10. The first kappa shape index (κ1) is 15.5. The molecular weight excluding hydrogens is 312 g/mol. The van der Waals surface area contributed by atoms with Crippen molar-refractivity contribution in [2.75, 3.05) is 6.61 Å². The van der Waals surface area contributed by atoms with Crippen LogP contribution in [0, 0.1) is 0 Å². The van der Waals surface area contributed by atoms with Crippen molar-refractivity contribution in [3.05, 3.63) is 59.7 Å². The van der Waals surface area contributed by atoms with Crippen LogP contribution >= 0.6 is 0 Å². The first-order valence-corrected chi connectivity index (χ1v) is 7.16. The topological polar surface area (TPSA) is 100 Å². The average molecular weight is 325 g/mol. The monoisotopic (exact) mass is 325 g/mol. The van der Waals surface area contributed by atoms with Gasteiger partial charge in [-0.2, -0.15) is 5.10 Å². The molecule has 0 aromatic heterocycles. The molecule has 7 heteroatoms. The summed E-state index contributed by atoms with van der Waals surface area (Å²) in [6.45, 7) is 0.0959. The quantitative estimate of drug-likeness (QED) is 0.645. The largest absolute Gasteiger partial charge is 0.545 e. The molecule has 1 aliphatic rings. The first-order valence-electron chi connectivity index (χ1n) is 7.16. The zero-order valence-electron chi connectivity index (χ0n) is 12.5. The van der Waals surface area contributed by atoms with Crippen LogP contribution in [0.15, 0.2) is 53.6 Å². The van der Waals surface area contributed by atoms with Crippen molar-refractivity contribution in [2.45, 2.75) is 6.10 Å². The minimum absolute atomic E-state index is 0.0719. The maximum Gasteiger partial charge on any atom is 0.284 e. The lowest BCUT2D eigenvalue weighted by Crippen LogP contribution is -2.42. The van der Waals surface area contributed by atoms with Crippen molar-refractivity contribution < 1.29 is 24.2 Å². The summed E-state index contributed by atoms with van der Waals surface area (Å²) in [5.41, 5.74) is 3.07. The van der Waals surface area contributed by atoms with Crippen molar-refractivity contribution >= 4 is 18.1 Å². The molecule has 2 aromatic carbocycles. The number of nitrogens with one attached hydrogen (secondary N) is 1. The molecule has 0 bridgehead atoms. The normalized spacial score (nSPS) is 15.9. The van der Waals surface area contributed by atoms with Gasteiger partial charge in [0.1, 0.15) is 6.61 Å². The molecule has 0 spiro atoms. The minimum atomic E-state index is -1.25. The Bertz CT molecular complexity index is 786. The Kier molecular flexibility index (Phi) is 4.42. The molecule has 3 rings (SSSR count). The van der Waals surface area contributed by atoms with Gasteiger partial charge in [0, 0.05) is 0 Å². The lowest BCUT2D eigenvalue weighted by molar-refractivity contribution is -0.255. The third-order valence-electron chi connectivity index (χ3n) is 3.34. The minimum Gasteiger partial charge on any atom is -0.545 e. The number of benzene rings is 2. The van der Waals surface area contributed by atoms with Gasteiger partial charge in [-0.15, -0.1) is 0 Å². The fourth-order valence-corrected chi connectivity index (χ4v) is 2.10. The number of carbonyl (C=O) groups excluding carboxylic acids is 2. The number of nitrogens with zero attached hydrogens (tertiary/aromatic N) is 1. The van der Waals surface area contributed by atoms with Crippen LogP contribution < -0.4 is 20.0 Å². The summed E-state index contributed by atoms with van der Waals surface area (Å²) in [6, 6.07) is 13.0. The van der Waals surface area contributed by atoms with Crippen molar-refractivity contribution in [3.63, 3.8) is 0 Å². The number of ether oxygens (including phenoxy) is 2. The summed E-state index contributed by atoms with van der Waals surface area (Å²) in [7, 11) is 0. The Morgan fingerprint density at radius 3 is 2.54 bits per heavy atom. The van der Waals surface area contributed by atoms with Crippen LogP contribution in [-0.2, 0) is 4.79 Å².